The molecule has 3 saturated heterocycles. The Kier molecular flexibility index (Phi) is 8.87. The van der Waals surface area contributed by atoms with Crippen molar-refractivity contribution in [3.8, 4) is 0 Å². The molecule has 1 saturated carbocycles. The molecule has 6 rings (SSSR count). The van der Waals surface area contributed by atoms with Gasteiger partial charge in [0.05, 0.1) is 24.4 Å². The lowest BCUT2D eigenvalue weighted by molar-refractivity contribution is -0.150. The molecule has 14 heteroatoms. The molecule has 0 aromatic carbocycles. The van der Waals surface area contributed by atoms with Gasteiger partial charge in [0.1, 0.15) is 16.8 Å². The number of fused-ring (bicyclic) bond motifs is 2. The van der Waals surface area contributed by atoms with Crippen LogP contribution in [0.3, 0.4) is 0 Å². The number of thioether (sulfide) groups is 1. The molecule has 2 bridgehead atoms. The SMILES string of the molecule is CC[C@@]1(C)CCN(c2cc(C)c3nc(C45CC(CN(C(=O)OC(C)(C)C)C(=O)OC(C)(C)C)(CO4)C5C(=O)N=C(N)SC)nn3c2)C1. The summed E-state index contributed by atoms with van der Waals surface area (Å²) in [5.74, 6) is -1.10. The normalized spacial score (nSPS) is 27.6. The number of ether oxygens (including phenoxy) is 3. The molecule has 13 nitrogen and oxygen atoms in total. The Morgan fingerprint density at radius 3 is 2.36 bits per heavy atom. The molecule has 47 heavy (non-hydrogen) atoms. The van der Waals surface area contributed by atoms with Gasteiger partial charge in [-0.05, 0) is 91.0 Å². The van der Waals surface area contributed by atoms with Crippen molar-refractivity contribution in [3.63, 3.8) is 0 Å². The van der Waals surface area contributed by atoms with Crippen molar-refractivity contribution in [2.75, 3.05) is 37.4 Å². The molecule has 2 aromatic heterocycles. The maximum absolute atomic E-state index is 13.9. The number of amidine groups is 1. The van der Waals surface area contributed by atoms with Crippen molar-refractivity contribution in [2.45, 2.75) is 98.4 Å². The van der Waals surface area contributed by atoms with E-state index in [9.17, 15) is 14.4 Å². The molecule has 5 heterocycles. The molecule has 2 N–H and O–H groups in total. The number of aliphatic imine (C=N–C) groups is 1. The quantitative estimate of drug-likeness (QED) is 0.315. The number of carbonyl (C=O) groups excluding carboxylic acids is 3. The van der Waals surface area contributed by atoms with Gasteiger partial charge >= 0.3 is 12.2 Å². The summed E-state index contributed by atoms with van der Waals surface area (Å²) in [6.07, 6.45) is 4.46. The largest absolute Gasteiger partial charge is 0.443 e. The number of pyridine rings is 1. The highest BCUT2D eigenvalue weighted by molar-refractivity contribution is 8.13. The Hall–Kier alpha value is -3.39. The van der Waals surface area contributed by atoms with Crippen molar-refractivity contribution < 1.29 is 28.6 Å². The second-order valence-corrected chi connectivity index (χ2v) is 16.4. The second kappa shape index (κ2) is 11.9. The number of hydrogen-bond acceptors (Lipinski definition) is 10. The first-order valence-corrected chi connectivity index (χ1v) is 17.4. The van der Waals surface area contributed by atoms with E-state index in [0.29, 0.717) is 11.5 Å². The molecule has 2 aromatic rings. The number of carbonyl (C=O) groups is 3. The first-order valence-electron chi connectivity index (χ1n) is 16.2. The Bertz CT molecular complexity index is 1580. The van der Waals surface area contributed by atoms with E-state index in [1.54, 1.807) is 52.3 Å². The highest BCUT2D eigenvalue weighted by atomic mass is 32.2. The number of rotatable bonds is 6. The van der Waals surface area contributed by atoms with Crippen molar-refractivity contribution in [2.24, 2.45) is 27.5 Å². The fourth-order valence-corrected chi connectivity index (χ4v) is 7.13. The third-order valence-corrected chi connectivity index (χ3v) is 9.96. The van der Waals surface area contributed by atoms with Gasteiger partial charge in [-0.15, -0.1) is 5.10 Å². The number of nitrogens with two attached hydrogens (primary N) is 1. The number of aryl methyl sites for hydroxylation is 1. The number of imide groups is 1. The average Bonchev–Trinajstić information content (AvgIpc) is 3.71. The van der Waals surface area contributed by atoms with Crippen molar-refractivity contribution >= 4 is 46.4 Å². The zero-order chi connectivity index (χ0) is 34.7. The van der Waals surface area contributed by atoms with Crippen LogP contribution in [0.1, 0.15) is 86.0 Å². The van der Waals surface area contributed by atoms with E-state index in [4.69, 9.17) is 30.0 Å². The van der Waals surface area contributed by atoms with E-state index in [2.05, 4.69) is 29.8 Å². The average molecular weight is 672 g/mol. The minimum absolute atomic E-state index is 0.0589. The number of nitrogens with zero attached hydrogens (tertiary/aromatic N) is 6. The van der Waals surface area contributed by atoms with Crippen molar-refractivity contribution in [1.82, 2.24) is 19.5 Å². The molecule has 0 spiro atoms. The Morgan fingerprint density at radius 2 is 1.81 bits per heavy atom. The van der Waals surface area contributed by atoms with Crippen LogP contribution in [-0.4, -0.2) is 86.5 Å². The Balaban J connectivity index is 1.52. The highest BCUT2D eigenvalue weighted by Crippen LogP contribution is 2.67. The predicted octanol–water partition coefficient (Wildman–Crippen LogP) is 5.27. The fourth-order valence-electron chi connectivity index (χ4n) is 6.95. The van der Waals surface area contributed by atoms with Gasteiger partial charge in [-0.3, -0.25) is 4.79 Å². The summed E-state index contributed by atoms with van der Waals surface area (Å²) in [7, 11) is 0. The first-order chi connectivity index (χ1) is 21.7. The van der Waals surface area contributed by atoms with Crippen molar-refractivity contribution in [3.05, 3.63) is 23.7 Å². The smallest absolute Gasteiger partial charge is 0.419 e. The molecule has 258 valence electrons. The molecule has 4 atom stereocenters. The number of amides is 3. The van der Waals surface area contributed by atoms with E-state index in [0.717, 1.165) is 53.8 Å². The van der Waals surface area contributed by atoms with Gasteiger partial charge in [-0.25, -0.2) is 24.0 Å². The van der Waals surface area contributed by atoms with Crippen LogP contribution in [0.4, 0.5) is 15.3 Å². The Labute approximate surface area is 280 Å². The minimum Gasteiger partial charge on any atom is -0.443 e. The summed E-state index contributed by atoms with van der Waals surface area (Å²) in [5.41, 5.74) is 4.96. The van der Waals surface area contributed by atoms with Gasteiger partial charge in [-0.1, -0.05) is 25.6 Å². The van der Waals surface area contributed by atoms with Crippen LogP contribution in [0, 0.1) is 23.7 Å². The third kappa shape index (κ3) is 6.67. The molecule has 4 fully saturated rings. The molecular formula is C33H49N7O6S. The van der Waals surface area contributed by atoms with Crippen LogP contribution in [0.15, 0.2) is 17.3 Å². The summed E-state index contributed by atoms with van der Waals surface area (Å²) < 4.78 is 19.4. The monoisotopic (exact) mass is 671 g/mol. The lowest BCUT2D eigenvalue weighted by Gasteiger charge is -2.50. The summed E-state index contributed by atoms with van der Waals surface area (Å²) in [4.78, 5) is 53.2. The highest BCUT2D eigenvalue weighted by Gasteiger charge is 2.76. The zero-order valence-corrected chi connectivity index (χ0v) is 30.1. The van der Waals surface area contributed by atoms with Crippen LogP contribution in [0.25, 0.3) is 5.65 Å². The molecule has 3 unspecified atom stereocenters. The maximum atomic E-state index is 13.9. The minimum atomic E-state index is -1.22. The fraction of sp³-hybridized carbons (Fsp3) is 0.697. The lowest BCUT2D eigenvalue weighted by Crippen LogP contribution is -2.62. The van der Waals surface area contributed by atoms with Gasteiger partial charge in [0.2, 0.25) is 0 Å². The third-order valence-electron chi connectivity index (χ3n) is 9.45. The van der Waals surface area contributed by atoms with E-state index in [1.165, 1.54) is 0 Å². The van der Waals surface area contributed by atoms with E-state index in [1.807, 2.05) is 13.1 Å². The first kappa shape index (κ1) is 34.9. The van der Waals surface area contributed by atoms with Gasteiger partial charge in [0.15, 0.2) is 16.6 Å². The topological polar surface area (TPSA) is 154 Å². The molecule has 1 aliphatic carbocycles. The maximum Gasteiger partial charge on any atom is 0.419 e. The summed E-state index contributed by atoms with van der Waals surface area (Å²) in [5, 5.41) is 4.98. The Morgan fingerprint density at radius 1 is 1.17 bits per heavy atom. The zero-order valence-electron chi connectivity index (χ0n) is 29.3. The van der Waals surface area contributed by atoms with Crippen LogP contribution in [0.5, 0.6) is 0 Å². The number of anilines is 1. The van der Waals surface area contributed by atoms with E-state index in [-0.39, 0.29) is 30.2 Å². The van der Waals surface area contributed by atoms with Gasteiger partial charge in [0.25, 0.3) is 5.91 Å². The van der Waals surface area contributed by atoms with E-state index < -0.39 is 46.2 Å². The summed E-state index contributed by atoms with van der Waals surface area (Å²) >= 11 is 1.15. The second-order valence-electron chi connectivity index (χ2n) is 15.6. The van der Waals surface area contributed by atoms with Crippen LogP contribution < -0.4 is 10.6 Å². The number of aromatic nitrogens is 3. The molecule has 3 amide bonds. The predicted molar refractivity (Wildman–Crippen MR) is 180 cm³/mol. The summed E-state index contributed by atoms with van der Waals surface area (Å²) in [6, 6.07) is 2.12. The standard InChI is InChI=1S/C33H49N7O6S/c1-11-31(9)12-13-38(17-31)21-14-20(2)23-35-25(37-40(23)15-21)33-16-32(19-44-33,22(33)24(41)36-26(34)47-10)18-39(27(42)45-29(3,4)5)28(43)46-30(6,7)8/h14-15,22H,11-13,16-19H2,1-10H3,(H2,34,36,41)/t22?,31-,32?,33?/m0/s1. The van der Waals surface area contributed by atoms with Crippen LogP contribution in [-0.2, 0) is 24.6 Å². The molecular weight excluding hydrogens is 622 g/mol. The van der Waals surface area contributed by atoms with Crippen LogP contribution in [0.2, 0.25) is 0 Å². The summed E-state index contributed by atoms with van der Waals surface area (Å²) in [6.45, 7) is 18.6. The lowest BCUT2D eigenvalue weighted by atomic mass is 9.53. The van der Waals surface area contributed by atoms with Crippen molar-refractivity contribution in [1.29, 1.82) is 0 Å². The number of hydrogen-bond donors (Lipinski definition) is 1. The molecule has 4 aliphatic rings. The molecule has 0 radical (unpaired) electrons. The van der Waals surface area contributed by atoms with E-state index >= 15 is 0 Å². The van der Waals surface area contributed by atoms with Gasteiger partial charge in [-0.2, -0.15) is 4.99 Å². The van der Waals surface area contributed by atoms with Crippen LogP contribution >= 0.6 is 11.8 Å². The van der Waals surface area contributed by atoms with Gasteiger partial charge in [0, 0.05) is 25.0 Å². The molecule has 3 aliphatic heterocycles. The van der Waals surface area contributed by atoms with Gasteiger partial charge < -0.3 is 24.8 Å².